The van der Waals surface area contributed by atoms with Crippen LogP contribution in [-0.2, 0) is 11.3 Å². The number of carbonyl (C=O) groups excluding carboxylic acids is 1. The minimum absolute atomic E-state index is 0.0145. The monoisotopic (exact) mass is 305 g/mol. The largest absolute Gasteiger partial charge is 0.457 e. The fourth-order valence-corrected chi connectivity index (χ4v) is 2.07. The molecule has 0 atom stereocenters. The van der Waals surface area contributed by atoms with Crippen molar-refractivity contribution in [3.05, 3.63) is 74.3 Å². The number of esters is 1. The lowest BCUT2D eigenvalue weighted by Gasteiger charge is -2.08. The Hall–Kier alpha value is -2.40. The van der Waals surface area contributed by atoms with Gasteiger partial charge in [0.25, 0.3) is 5.69 Å². The first-order valence-corrected chi connectivity index (χ1v) is 6.53. The zero-order chi connectivity index (χ0) is 15.4. The molecule has 0 N–H and O–H groups in total. The van der Waals surface area contributed by atoms with E-state index in [1.54, 1.807) is 24.3 Å². The summed E-state index contributed by atoms with van der Waals surface area (Å²) >= 11 is 5.97. The Bertz CT molecular complexity index is 700. The average Bonchev–Trinajstić information content (AvgIpc) is 2.46. The highest BCUT2D eigenvalue weighted by molar-refractivity contribution is 6.31. The van der Waals surface area contributed by atoms with Crippen molar-refractivity contribution in [2.24, 2.45) is 0 Å². The molecule has 2 rings (SSSR count). The first-order chi connectivity index (χ1) is 10.0. The number of rotatable bonds is 4. The van der Waals surface area contributed by atoms with E-state index in [-0.39, 0.29) is 23.4 Å². The first kappa shape index (κ1) is 15.0. The van der Waals surface area contributed by atoms with Crippen molar-refractivity contribution in [3.63, 3.8) is 0 Å². The molecule has 0 radical (unpaired) electrons. The average molecular weight is 306 g/mol. The summed E-state index contributed by atoms with van der Waals surface area (Å²) in [6, 6.07) is 11.3. The van der Waals surface area contributed by atoms with E-state index < -0.39 is 10.9 Å². The summed E-state index contributed by atoms with van der Waals surface area (Å²) in [5.74, 6) is -0.615. The van der Waals surface area contributed by atoms with E-state index >= 15 is 0 Å². The van der Waals surface area contributed by atoms with E-state index in [0.717, 1.165) is 0 Å². The summed E-state index contributed by atoms with van der Waals surface area (Å²) in [5, 5.41) is 11.4. The third-order valence-electron chi connectivity index (χ3n) is 3.04. The van der Waals surface area contributed by atoms with Crippen LogP contribution in [0.1, 0.15) is 21.5 Å². The predicted octanol–water partition coefficient (Wildman–Crippen LogP) is 3.91. The Labute approximate surface area is 126 Å². The van der Waals surface area contributed by atoms with Gasteiger partial charge in [-0.3, -0.25) is 10.1 Å². The summed E-state index contributed by atoms with van der Waals surface area (Å²) in [6.45, 7) is 1.53. The van der Waals surface area contributed by atoms with Crippen molar-refractivity contribution in [1.82, 2.24) is 0 Å². The van der Waals surface area contributed by atoms with Gasteiger partial charge in [0, 0.05) is 22.2 Å². The lowest BCUT2D eigenvalue weighted by atomic mass is 10.1. The van der Waals surface area contributed by atoms with Crippen molar-refractivity contribution in [2.75, 3.05) is 0 Å². The number of benzene rings is 2. The van der Waals surface area contributed by atoms with E-state index in [2.05, 4.69) is 0 Å². The predicted molar refractivity (Wildman–Crippen MR) is 78.4 cm³/mol. The summed E-state index contributed by atoms with van der Waals surface area (Å²) in [7, 11) is 0. The SMILES string of the molecule is Cc1c(C(=O)OCc2ccccc2Cl)cccc1[N+](=O)[O-]. The molecule has 0 aliphatic heterocycles. The van der Waals surface area contributed by atoms with Crippen LogP contribution < -0.4 is 0 Å². The summed E-state index contributed by atoms with van der Waals surface area (Å²) in [5.41, 5.74) is 1.03. The van der Waals surface area contributed by atoms with Crippen molar-refractivity contribution >= 4 is 23.3 Å². The maximum absolute atomic E-state index is 12.0. The van der Waals surface area contributed by atoms with E-state index in [1.165, 1.54) is 25.1 Å². The van der Waals surface area contributed by atoms with Gasteiger partial charge in [-0.05, 0) is 19.1 Å². The highest BCUT2D eigenvalue weighted by atomic mass is 35.5. The molecule has 108 valence electrons. The minimum Gasteiger partial charge on any atom is -0.457 e. The van der Waals surface area contributed by atoms with Gasteiger partial charge in [-0.1, -0.05) is 35.9 Å². The van der Waals surface area contributed by atoms with E-state index in [9.17, 15) is 14.9 Å². The second-order valence-corrected chi connectivity index (χ2v) is 4.78. The fourth-order valence-electron chi connectivity index (χ4n) is 1.88. The highest BCUT2D eigenvalue weighted by Crippen LogP contribution is 2.22. The summed E-state index contributed by atoms with van der Waals surface area (Å²) < 4.78 is 5.16. The molecule has 2 aromatic rings. The van der Waals surface area contributed by atoms with Crippen LogP contribution in [0.4, 0.5) is 5.69 Å². The van der Waals surface area contributed by atoms with Crippen molar-refractivity contribution < 1.29 is 14.5 Å². The van der Waals surface area contributed by atoms with Gasteiger partial charge in [0.2, 0.25) is 0 Å². The number of nitro benzene ring substituents is 1. The fraction of sp³-hybridized carbons (Fsp3) is 0.133. The first-order valence-electron chi connectivity index (χ1n) is 6.15. The van der Waals surface area contributed by atoms with E-state index in [4.69, 9.17) is 16.3 Å². The molecule has 0 saturated heterocycles. The number of ether oxygens (including phenoxy) is 1. The molecule has 0 aromatic heterocycles. The number of hydrogen-bond donors (Lipinski definition) is 0. The van der Waals surface area contributed by atoms with Crippen molar-refractivity contribution in [3.8, 4) is 0 Å². The van der Waals surface area contributed by atoms with Crippen LogP contribution in [0.2, 0.25) is 5.02 Å². The third kappa shape index (κ3) is 3.38. The molecule has 0 unspecified atom stereocenters. The molecule has 21 heavy (non-hydrogen) atoms. The van der Waals surface area contributed by atoms with Crippen LogP contribution in [0, 0.1) is 17.0 Å². The molecule has 5 nitrogen and oxygen atoms in total. The second-order valence-electron chi connectivity index (χ2n) is 4.37. The Morgan fingerprint density at radius 3 is 2.62 bits per heavy atom. The molecule has 0 fully saturated rings. The van der Waals surface area contributed by atoms with Crippen molar-refractivity contribution in [2.45, 2.75) is 13.5 Å². The van der Waals surface area contributed by atoms with E-state index in [0.29, 0.717) is 10.6 Å². The molecular weight excluding hydrogens is 294 g/mol. The smallest absolute Gasteiger partial charge is 0.338 e. The summed E-state index contributed by atoms with van der Waals surface area (Å²) in [6.07, 6.45) is 0. The van der Waals surface area contributed by atoms with Crippen LogP contribution in [0.3, 0.4) is 0 Å². The van der Waals surface area contributed by atoms with Gasteiger partial charge in [0.05, 0.1) is 10.5 Å². The Kier molecular flexibility index (Phi) is 4.55. The zero-order valence-corrected chi connectivity index (χ0v) is 12.0. The third-order valence-corrected chi connectivity index (χ3v) is 3.41. The molecule has 0 aliphatic carbocycles. The molecule has 0 aliphatic rings. The number of halogens is 1. The molecule has 2 aromatic carbocycles. The molecule has 0 amide bonds. The molecular formula is C15H12ClNO4. The topological polar surface area (TPSA) is 69.4 Å². The molecule has 0 saturated carbocycles. The number of nitrogens with zero attached hydrogens (tertiary/aromatic N) is 1. The van der Waals surface area contributed by atoms with Gasteiger partial charge < -0.3 is 4.74 Å². The number of hydrogen-bond acceptors (Lipinski definition) is 4. The van der Waals surface area contributed by atoms with Gasteiger partial charge in [0.15, 0.2) is 0 Å². The van der Waals surface area contributed by atoms with Gasteiger partial charge in [0.1, 0.15) is 6.61 Å². The van der Waals surface area contributed by atoms with Crippen LogP contribution in [0.5, 0.6) is 0 Å². The lowest BCUT2D eigenvalue weighted by molar-refractivity contribution is -0.385. The summed E-state index contributed by atoms with van der Waals surface area (Å²) in [4.78, 5) is 22.4. The quantitative estimate of drug-likeness (QED) is 0.488. The van der Waals surface area contributed by atoms with Crippen LogP contribution >= 0.6 is 11.6 Å². The number of carbonyl (C=O) groups is 1. The second kappa shape index (κ2) is 6.37. The van der Waals surface area contributed by atoms with Gasteiger partial charge in [-0.15, -0.1) is 0 Å². The van der Waals surface area contributed by atoms with Gasteiger partial charge in [-0.2, -0.15) is 0 Å². The maximum atomic E-state index is 12.0. The Balaban J connectivity index is 2.16. The number of nitro groups is 1. The molecule has 0 heterocycles. The van der Waals surface area contributed by atoms with Crippen LogP contribution in [0.15, 0.2) is 42.5 Å². The molecule has 0 spiro atoms. The normalized spacial score (nSPS) is 10.2. The zero-order valence-electron chi connectivity index (χ0n) is 11.2. The molecule has 0 bridgehead atoms. The Morgan fingerprint density at radius 2 is 1.95 bits per heavy atom. The van der Waals surface area contributed by atoms with Gasteiger partial charge >= 0.3 is 5.97 Å². The standard InChI is InChI=1S/C15H12ClNO4/c1-10-12(6-4-8-14(10)17(19)20)15(18)21-9-11-5-2-3-7-13(11)16/h2-8H,9H2,1H3. The Morgan fingerprint density at radius 1 is 1.24 bits per heavy atom. The van der Waals surface area contributed by atoms with E-state index in [1.807, 2.05) is 0 Å². The molecule has 6 heteroatoms. The minimum atomic E-state index is -0.615. The maximum Gasteiger partial charge on any atom is 0.338 e. The van der Waals surface area contributed by atoms with Crippen LogP contribution in [-0.4, -0.2) is 10.9 Å². The lowest BCUT2D eigenvalue weighted by Crippen LogP contribution is -2.08. The highest BCUT2D eigenvalue weighted by Gasteiger charge is 2.19. The van der Waals surface area contributed by atoms with Crippen LogP contribution in [0.25, 0.3) is 0 Å². The van der Waals surface area contributed by atoms with Crippen molar-refractivity contribution in [1.29, 1.82) is 0 Å². The van der Waals surface area contributed by atoms with Gasteiger partial charge in [-0.25, -0.2) is 4.79 Å².